The second kappa shape index (κ2) is 5.63. The van der Waals surface area contributed by atoms with Crippen LogP contribution in [0.25, 0.3) is 0 Å². The van der Waals surface area contributed by atoms with E-state index in [1.54, 1.807) is 0 Å². The highest BCUT2D eigenvalue weighted by Crippen LogP contribution is 2.26. The van der Waals surface area contributed by atoms with Crippen LogP contribution in [0.5, 0.6) is 5.75 Å². The van der Waals surface area contributed by atoms with Crippen LogP contribution < -0.4 is 15.4 Å². The molecule has 2 aliphatic rings. The molecule has 6 nitrogen and oxygen atoms in total. The fourth-order valence-electron chi connectivity index (χ4n) is 2.73. The van der Waals surface area contributed by atoms with Crippen molar-refractivity contribution < 1.29 is 14.3 Å². The Balaban J connectivity index is 1.57. The number of carbonyl (C=O) groups is 2. The highest BCUT2D eigenvalue weighted by molar-refractivity contribution is 5.95. The van der Waals surface area contributed by atoms with Crippen LogP contribution in [0.15, 0.2) is 18.2 Å². The van der Waals surface area contributed by atoms with E-state index >= 15 is 0 Å². The van der Waals surface area contributed by atoms with E-state index < -0.39 is 0 Å². The predicted octanol–water partition coefficient (Wildman–Crippen LogP) is 1.29. The largest absolute Gasteiger partial charge is 0.493 e. The number of ether oxygens (including phenoxy) is 1. The summed E-state index contributed by atoms with van der Waals surface area (Å²) in [6.07, 6.45) is 1.67. The molecule has 1 aromatic rings. The maximum Gasteiger partial charge on any atom is 0.325 e. The number of carbonyl (C=O) groups excluding carboxylic acids is 2. The van der Waals surface area contributed by atoms with Crippen molar-refractivity contribution in [2.45, 2.75) is 25.8 Å². The number of imide groups is 1. The van der Waals surface area contributed by atoms with Crippen LogP contribution >= 0.6 is 0 Å². The summed E-state index contributed by atoms with van der Waals surface area (Å²) < 4.78 is 5.48. The van der Waals surface area contributed by atoms with Crippen molar-refractivity contribution in [1.82, 2.24) is 15.5 Å². The smallest absolute Gasteiger partial charge is 0.325 e. The van der Waals surface area contributed by atoms with E-state index in [1.807, 2.05) is 19.1 Å². The van der Waals surface area contributed by atoms with Gasteiger partial charge in [0.2, 0.25) is 0 Å². The Morgan fingerprint density at radius 1 is 1.52 bits per heavy atom. The summed E-state index contributed by atoms with van der Waals surface area (Å²) in [6.45, 7) is 3.63. The van der Waals surface area contributed by atoms with Crippen LogP contribution in [0.3, 0.4) is 0 Å². The summed E-state index contributed by atoms with van der Waals surface area (Å²) in [5, 5.41) is 5.48. The molecule has 0 aliphatic carbocycles. The summed E-state index contributed by atoms with van der Waals surface area (Å²) in [5.74, 6) is 0.962. The molecule has 3 rings (SSSR count). The molecular formula is C15H19N3O3. The number of nitrogens with one attached hydrogen (secondary N) is 2. The highest BCUT2D eigenvalue weighted by atomic mass is 16.5. The van der Waals surface area contributed by atoms with E-state index in [1.165, 1.54) is 10.5 Å². The molecule has 0 radical (unpaired) electrons. The second-order valence-corrected chi connectivity index (χ2v) is 5.48. The van der Waals surface area contributed by atoms with Crippen LogP contribution in [0.2, 0.25) is 0 Å². The average molecular weight is 289 g/mol. The van der Waals surface area contributed by atoms with Gasteiger partial charge in [-0.15, -0.1) is 0 Å². The minimum absolute atomic E-state index is 0.0359. The molecule has 1 aromatic carbocycles. The summed E-state index contributed by atoms with van der Waals surface area (Å²) in [4.78, 5) is 24.6. The lowest BCUT2D eigenvalue weighted by atomic mass is 10.0. The molecule has 1 saturated heterocycles. The lowest BCUT2D eigenvalue weighted by Crippen LogP contribution is -2.45. The van der Waals surface area contributed by atoms with E-state index in [9.17, 15) is 9.59 Å². The van der Waals surface area contributed by atoms with Gasteiger partial charge in [-0.25, -0.2) is 14.5 Å². The van der Waals surface area contributed by atoms with Crippen molar-refractivity contribution in [2.24, 2.45) is 0 Å². The Hall–Kier alpha value is -2.24. The van der Waals surface area contributed by atoms with Gasteiger partial charge < -0.3 is 15.4 Å². The van der Waals surface area contributed by atoms with Crippen LogP contribution in [-0.4, -0.2) is 42.7 Å². The lowest BCUT2D eigenvalue weighted by molar-refractivity contribution is 0.196. The molecule has 0 bridgehead atoms. The zero-order valence-corrected chi connectivity index (χ0v) is 12.0. The van der Waals surface area contributed by atoms with E-state index in [0.717, 1.165) is 30.8 Å². The molecule has 1 fully saturated rings. The normalized spacial score (nSPS) is 18.0. The quantitative estimate of drug-likeness (QED) is 0.881. The fraction of sp³-hybridized carbons (Fsp3) is 0.467. The molecule has 2 N–H and O–H groups in total. The van der Waals surface area contributed by atoms with Gasteiger partial charge in [0.15, 0.2) is 0 Å². The molecule has 2 heterocycles. The number of urea groups is 2. The average Bonchev–Trinajstić information content (AvgIpc) is 3.06. The molecule has 2 aliphatic heterocycles. The molecule has 112 valence electrons. The SMILES string of the molecule is C[C@H](Cc1ccc2c(c1)CCO2)NC(=O)N1CCNC1=O. The molecular weight excluding hydrogens is 270 g/mol. The van der Waals surface area contributed by atoms with Crippen molar-refractivity contribution in [3.05, 3.63) is 29.3 Å². The first-order valence-corrected chi connectivity index (χ1v) is 7.24. The van der Waals surface area contributed by atoms with Crippen LogP contribution in [0.1, 0.15) is 18.1 Å². The van der Waals surface area contributed by atoms with Crippen LogP contribution in [0.4, 0.5) is 9.59 Å². The number of rotatable bonds is 3. The number of hydrogen-bond acceptors (Lipinski definition) is 3. The summed E-state index contributed by atoms with van der Waals surface area (Å²) in [7, 11) is 0. The lowest BCUT2D eigenvalue weighted by Gasteiger charge is -2.18. The Labute approximate surface area is 123 Å². The minimum atomic E-state index is -0.331. The van der Waals surface area contributed by atoms with E-state index in [2.05, 4.69) is 16.7 Å². The van der Waals surface area contributed by atoms with Gasteiger partial charge in [-0.1, -0.05) is 12.1 Å². The monoisotopic (exact) mass is 289 g/mol. The Morgan fingerprint density at radius 3 is 3.14 bits per heavy atom. The Bertz CT molecular complexity index is 573. The van der Waals surface area contributed by atoms with Crippen molar-refractivity contribution in [1.29, 1.82) is 0 Å². The number of benzene rings is 1. The van der Waals surface area contributed by atoms with E-state index in [4.69, 9.17) is 4.74 Å². The van der Waals surface area contributed by atoms with Gasteiger partial charge in [-0.3, -0.25) is 0 Å². The maximum absolute atomic E-state index is 12.0. The molecule has 0 saturated carbocycles. The Kier molecular flexibility index (Phi) is 3.68. The van der Waals surface area contributed by atoms with E-state index in [-0.39, 0.29) is 18.1 Å². The van der Waals surface area contributed by atoms with Crippen LogP contribution in [0, 0.1) is 0 Å². The first kappa shape index (κ1) is 13.7. The third kappa shape index (κ3) is 2.94. The molecule has 0 spiro atoms. The summed E-state index contributed by atoms with van der Waals surface area (Å²) in [5.41, 5.74) is 2.39. The van der Waals surface area contributed by atoms with Gasteiger partial charge in [-0.2, -0.15) is 0 Å². The number of fused-ring (bicyclic) bond motifs is 1. The van der Waals surface area contributed by atoms with Crippen molar-refractivity contribution in [3.63, 3.8) is 0 Å². The molecule has 6 heteroatoms. The third-order valence-electron chi connectivity index (χ3n) is 3.77. The van der Waals surface area contributed by atoms with Crippen molar-refractivity contribution >= 4 is 12.1 Å². The summed E-state index contributed by atoms with van der Waals surface area (Å²) in [6, 6.07) is 5.45. The standard InChI is InChI=1S/C15H19N3O3/c1-10(17-15(20)18-6-5-16-14(18)19)8-11-2-3-13-12(9-11)4-7-21-13/h2-3,9-10H,4-8H2,1H3,(H,16,19)(H,17,20)/t10-/m1/s1. The molecule has 4 amide bonds. The van der Waals surface area contributed by atoms with E-state index in [0.29, 0.717) is 13.1 Å². The number of amides is 4. The molecule has 0 unspecified atom stereocenters. The first-order chi connectivity index (χ1) is 10.1. The second-order valence-electron chi connectivity index (χ2n) is 5.48. The summed E-state index contributed by atoms with van der Waals surface area (Å²) >= 11 is 0. The Morgan fingerprint density at radius 2 is 2.38 bits per heavy atom. The van der Waals surface area contributed by atoms with Gasteiger partial charge >= 0.3 is 12.1 Å². The molecule has 21 heavy (non-hydrogen) atoms. The predicted molar refractivity (Wildman–Crippen MR) is 77.4 cm³/mol. The van der Waals surface area contributed by atoms with Crippen LogP contribution in [-0.2, 0) is 12.8 Å². The van der Waals surface area contributed by atoms with Gasteiger partial charge in [0.25, 0.3) is 0 Å². The first-order valence-electron chi connectivity index (χ1n) is 7.24. The van der Waals surface area contributed by atoms with Gasteiger partial charge in [0, 0.05) is 25.6 Å². The molecule has 0 aromatic heterocycles. The minimum Gasteiger partial charge on any atom is -0.493 e. The molecule has 1 atom stereocenters. The number of hydrogen-bond donors (Lipinski definition) is 2. The third-order valence-corrected chi connectivity index (χ3v) is 3.77. The maximum atomic E-state index is 12.0. The topological polar surface area (TPSA) is 70.7 Å². The van der Waals surface area contributed by atoms with Crippen molar-refractivity contribution in [3.8, 4) is 5.75 Å². The van der Waals surface area contributed by atoms with Gasteiger partial charge in [0.05, 0.1) is 6.61 Å². The number of nitrogens with zero attached hydrogens (tertiary/aromatic N) is 1. The fourth-order valence-corrected chi connectivity index (χ4v) is 2.73. The van der Waals surface area contributed by atoms with Gasteiger partial charge in [-0.05, 0) is 30.5 Å². The van der Waals surface area contributed by atoms with Gasteiger partial charge in [0.1, 0.15) is 5.75 Å². The zero-order chi connectivity index (χ0) is 14.8. The van der Waals surface area contributed by atoms with Crippen molar-refractivity contribution in [2.75, 3.05) is 19.7 Å². The zero-order valence-electron chi connectivity index (χ0n) is 12.0. The highest BCUT2D eigenvalue weighted by Gasteiger charge is 2.26.